The Morgan fingerprint density at radius 1 is 1.04 bits per heavy atom. The Morgan fingerprint density at radius 3 is 2.22 bits per heavy atom. The lowest BCUT2D eigenvalue weighted by Gasteiger charge is -2.22. The Labute approximate surface area is 158 Å². The van der Waals surface area contributed by atoms with Gasteiger partial charge in [0.05, 0.1) is 11.9 Å². The van der Waals surface area contributed by atoms with E-state index in [9.17, 15) is 22.0 Å². The van der Waals surface area contributed by atoms with Gasteiger partial charge >= 0.3 is 0 Å². The maximum Gasteiger partial charge on any atom is 0.232 e. The molecule has 0 radical (unpaired) electrons. The molecule has 0 bridgehead atoms. The van der Waals surface area contributed by atoms with E-state index in [-0.39, 0.29) is 31.0 Å². The summed E-state index contributed by atoms with van der Waals surface area (Å²) >= 11 is 0. The van der Waals surface area contributed by atoms with Crippen molar-refractivity contribution < 1.29 is 22.0 Å². The van der Waals surface area contributed by atoms with E-state index in [0.29, 0.717) is 5.69 Å². The topological polar surface area (TPSA) is 66.5 Å². The number of benzene rings is 2. The van der Waals surface area contributed by atoms with Crippen molar-refractivity contribution in [3.05, 3.63) is 59.2 Å². The average Bonchev–Trinajstić information content (AvgIpc) is 2.52. The monoisotopic (exact) mass is 396 g/mol. The van der Waals surface area contributed by atoms with Gasteiger partial charge in [-0.05, 0) is 55.7 Å². The molecule has 0 aromatic heterocycles. The van der Waals surface area contributed by atoms with E-state index in [1.54, 1.807) is 0 Å². The van der Waals surface area contributed by atoms with Crippen LogP contribution >= 0.6 is 0 Å². The van der Waals surface area contributed by atoms with Crippen LogP contribution in [-0.4, -0.2) is 27.1 Å². The number of halogens is 2. The van der Waals surface area contributed by atoms with Crippen molar-refractivity contribution in [1.82, 2.24) is 0 Å². The van der Waals surface area contributed by atoms with Crippen molar-refractivity contribution in [2.24, 2.45) is 0 Å². The lowest BCUT2D eigenvalue weighted by molar-refractivity contribution is -0.116. The molecule has 0 spiro atoms. The molecule has 0 fully saturated rings. The van der Waals surface area contributed by atoms with Gasteiger partial charge in [-0.1, -0.05) is 6.07 Å². The number of aryl methyl sites for hydroxylation is 2. The molecule has 0 atom stereocenters. The molecule has 0 aliphatic heterocycles. The molecule has 0 saturated carbocycles. The van der Waals surface area contributed by atoms with Gasteiger partial charge in [0.25, 0.3) is 0 Å². The fourth-order valence-electron chi connectivity index (χ4n) is 2.78. The third-order valence-electron chi connectivity index (χ3n) is 3.86. The number of amides is 1. The molecule has 0 aliphatic carbocycles. The number of hydrogen-bond donors (Lipinski definition) is 1. The van der Waals surface area contributed by atoms with Gasteiger partial charge in [0.1, 0.15) is 0 Å². The first-order chi connectivity index (χ1) is 12.6. The molecule has 2 aromatic rings. The first-order valence-electron chi connectivity index (χ1n) is 8.37. The second-order valence-electron chi connectivity index (χ2n) is 6.46. The quantitative estimate of drug-likeness (QED) is 0.775. The maximum atomic E-state index is 13.4. The molecule has 146 valence electrons. The van der Waals surface area contributed by atoms with Gasteiger partial charge in [-0.3, -0.25) is 9.10 Å². The van der Waals surface area contributed by atoms with Crippen LogP contribution in [0.25, 0.3) is 0 Å². The number of hydrogen-bond acceptors (Lipinski definition) is 3. The van der Waals surface area contributed by atoms with Crippen LogP contribution in [-0.2, 0) is 14.8 Å². The maximum absolute atomic E-state index is 13.4. The number of sulfonamides is 1. The fourth-order valence-corrected chi connectivity index (χ4v) is 3.74. The molecular formula is C19H22F2N2O3S. The molecule has 5 nitrogen and oxygen atoms in total. The van der Waals surface area contributed by atoms with Crippen LogP contribution in [0.1, 0.15) is 24.0 Å². The minimum Gasteiger partial charge on any atom is -0.326 e. The van der Waals surface area contributed by atoms with E-state index in [1.807, 2.05) is 32.0 Å². The first-order valence-corrected chi connectivity index (χ1v) is 10.2. The van der Waals surface area contributed by atoms with Crippen molar-refractivity contribution in [3.8, 4) is 0 Å². The highest BCUT2D eigenvalue weighted by Crippen LogP contribution is 2.21. The summed E-state index contributed by atoms with van der Waals surface area (Å²) in [6.45, 7) is 3.83. The summed E-state index contributed by atoms with van der Waals surface area (Å²) in [5.41, 5.74) is 2.74. The van der Waals surface area contributed by atoms with Gasteiger partial charge in [0, 0.05) is 24.7 Å². The highest BCUT2D eigenvalue weighted by atomic mass is 32.2. The highest BCUT2D eigenvalue weighted by Gasteiger charge is 2.19. The van der Waals surface area contributed by atoms with Gasteiger partial charge in [0.15, 0.2) is 11.6 Å². The van der Waals surface area contributed by atoms with E-state index in [0.717, 1.165) is 33.8 Å². The van der Waals surface area contributed by atoms with E-state index >= 15 is 0 Å². The van der Waals surface area contributed by atoms with Crippen LogP contribution in [0.4, 0.5) is 20.2 Å². The molecule has 1 N–H and O–H groups in total. The zero-order valence-corrected chi connectivity index (χ0v) is 16.2. The van der Waals surface area contributed by atoms with Crippen LogP contribution in [0.2, 0.25) is 0 Å². The Kier molecular flexibility index (Phi) is 6.54. The second-order valence-corrected chi connectivity index (χ2v) is 8.37. The van der Waals surface area contributed by atoms with Crippen molar-refractivity contribution >= 4 is 27.3 Å². The summed E-state index contributed by atoms with van der Waals surface area (Å²) in [7, 11) is -3.70. The predicted molar refractivity (Wildman–Crippen MR) is 102 cm³/mol. The van der Waals surface area contributed by atoms with Gasteiger partial charge in [0.2, 0.25) is 15.9 Å². The third kappa shape index (κ3) is 6.02. The lowest BCUT2D eigenvalue weighted by atomic mass is 10.1. The number of rotatable bonds is 7. The highest BCUT2D eigenvalue weighted by molar-refractivity contribution is 7.92. The molecule has 2 aromatic carbocycles. The molecule has 1 amide bonds. The smallest absolute Gasteiger partial charge is 0.232 e. The molecule has 0 unspecified atom stereocenters. The van der Waals surface area contributed by atoms with Crippen molar-refractivity contribution in [1.29, 1.82) is 0 Å². The van der Waals surface area contributed by atoms with E-state index < -0.39 is 21.7 Å². The molecule has 0 heterocycles. The zero-order chi connectivity index (χ0) is 20.2. The number of nitrogens with one attached hydrogen (secondary N) is 1. The summed E-state index contributed by atoms with van der Waals surface area (Å²) < 4.78 is 51.4. The Hall–Kier alpha value is -2.48. The number of carbonyl (C=O) groups excluding carboxylic acids is 1. The summed E-state index contributed by atoms with van der Waals surface area (Å²) in [6, 6.07) is 8.56. The average molecular weight is 396 g/mol. The van der Waals surface area contributed by atoms with Crippen LogP contribution < -0.4 is 9.62 Å². The standard InChI is InChI=1S/C19H22F2N2O3S/c1-13-9-14(2)11-15(10-13)22-19(24)5-4-8-23(27(3,25)26)16-6-7-17(20)18(21)12-16/h6-7,9-12H,4-5,8H2,1-3H3,(H,22,24). The van der Waals surface area contributed by atoms with Crippen LogP contribution in [0.15, 0.2) is 36.4 Å². The summed E-state index contributed by atoms with van der Waals surface area (Å²) in [5, 5.41) is 2.78. The number of anilines is 2. The van der Waals surface area contributed by atoms with E-state index in [4.69, 9.17) is 0 Å². The van der Waals surface area contributed by atoms with Gasteiger partial charge in [-0.15, -0.1) is 0 Å². The predicted octanol–water partition coefficient (Wildman–Crippen LogP) is 3.77. The Balaban J connectivity index is 2.01. The van der Waals surface area contributed by atoms with Crippen LogP contribution in [0.3, 0.4) is 0 Å². The molecule has 0 aliphatic rings. The zero-order valence-electron chi connectivity index (χ0n) is 15.4. The Bertz CT molecular complexity index is 926. The summed E-state index contributed by atoms with van der Waals surface area (Å²) in [5.74, 6) is -2.44. The van der Waals surface area contributed by atoms with Crippen LogP contribution in [0.5, 0.6) is 0 Å². The van der Waals surface area contributed by atoms with E-state index in [1.165, 1.54) is 6.07 Å². The van der Waals surface area contributed by atoms with Crippen molar-refractivity contribution in [2.75, 3.05) is 22.4 Å². The largest absolute Gasteiger partial charge is 0.326 e. The third-order valence-corrected chi connectivity index (χ3v) is 5.06. The molecule has 0 saturated heterocycles. The second kappa shape index (κ2) is 8.47. The summed E-state index contributed by atoms with van der Waals surface area (Å²) in [4.78, 5) is 12.1. The molecular weight excluding hydrogens is 374 g/mol. The Morgan fingerprint density at radius 2 is 1.67 bits per heavy atom. The lowest BCUT2D eigenvalue weighted by Crippen LogP contribution is -2.31. The minimum atomic E-state index is -3.70. The number of nitrogens with zero attached hydrogens (tertiary/aromatic N) is 1. The van der Waals surface area contributed by atoms with Gasteiger partial charge < -0.3 is 5.32 Å². The van der Waals surface area contributed by atoms with E-state index in [2.05, 4.69) is 5.32 Å². The van der Waals surface area contributed by atoms with Crippen molar-refractivity contribution in [2.45, 2.75) is 26.7 Å². The number of carbonyl (C=O) groups is 1. The SMILES string of the molecule is Cc1cc(C)cc(NC(=O)CCCN(c2ccc(F)c(F)c2)S(C)(=O)=O)c1. The molecule has 27 heavy (non-hydrogen) atoms. The first kappa shape index (κ1) is 20.8. The minimum absolute atomic E-state index is 0.0196. The normalized spacial score (nSPS) is 11.3. The fraction of sp³-hybridized carbons (Fsp3) is 0.316. The van der Waals surface area contributed by atoms with Crippen LogP contribution in [0, 0.1) is 25.5 Å². The van der Waals surface area contributed by atoms with Crippen molar-refractivity contribution in [3.63, 3.8) is 0 Å². The summed E-state index contributed by atoms with van der Waals surface area (Å²) in [6.07, 6.45) is 1.29. The van der Waals surface area contributed by atoms with Gasteiger partial charge in [-0.2, -0.15) is 0 Å². The van der Waals surface area contributed by atoms with Gasteiger partial charge in [-0.25, -0.2) is 17.2 Å². The molecule has 8 heteroatoms. The molecule has 2 rings (SSSR count).